The third-order valence-corrected chi connectivity index (χ3v) is 3.30. The van der Waals surface area contributed by atoms with Gasteiger partial charge in [-0.25, -0.2) is 0 Å². The summed E-state index contributed by atoms with van der Waals surface area (Å²) in [7, 11) is 0. The van der Waals surface area contributed by atoms with Crippen molar-refractivity contribution in [3.8, 4) is 0 Å². The van der Waals surface area contributed by atoms with Gasteiger partial charge in [0.1, 0.15) is 12.6 Å². The molecule has 5 heteroatoms. The standard InChI is InChI=1S/C11H16N2O2S/c14-10-8-12(5-1-2-7-16)11(15)9-4-3-6-13(9)10/h1-2,9,16H,3-8H2. The van der Waals surface area contributed by atoms with Gasteiger partial charge in [-0.15, -0.1) is 0 Å². The van der Waals surface area contributed by atoms with Gasteiger partial charge in [-0.1, -0.05) is 12.2 Å². The number of hydrogen-bond acceptors (Lipinski definition) is 3. The molecule has 0 radical (unpaired) electrons. The maximum atomic E-state index is 12.0. The molecule has 2 rings (SSSR count). The zero-order valence-corrected chi connectivity index (χ0v) is 10.0. The van der Waals surface area contributed by atoms with Crippen LogP contribution < -0.4 is 0 Å². The van der Waals surface area contributed by atoms with Crippen molar-refractivity contribution in [2.24, 2.45) is 0 Å². The van der Waals surface area contributed by atoms with Gasteiger partial charge in [0.15, 0.2) is 0 Å². The van der Waals surface area contributed by atoms with Crippen LogP contribution in [0.2, 0.25) is 0 Å². The number of rotatable bonds is 3. The summed E-state index contributed by atoms with van der Waals surface area (Å²) >= 11 is 4.05. The van der Waals surface area contributed by atoms with Crippen LogP contribution in [0.3, 0.4) is 0 Å². The second-order valence-electron chi connectivity index (χ2n) is 4.12. The van der Waals surface area contributed by atoms with E-state index in [1.54, 1.807) is 9.80 Å². The average molecular weight is 240 g/mol. The normalized spacial score (nSPS) is 25.7. The predicted octanol–water partition coefficient (Wildman–Crippen LogP) is 0.306. The summed E-state index contributed by atoms with van der Waals surface area (Å²) in [5.74, 6) is 0.841. The van der Waals surface area contributed by atoms with Gasteiger partial charge in [0, 0.05) is 18.8 Å². The van der Waals surface area contributed by atoms with Gasteiger partial charge in [0.05, 0.1) is 0 Å². The molecule has 1 atom stereocenters. The summed E-state index contributed by atoms with van der Waals surface area (Å²) in [6.07, 6.45) is 5.55. The highest BCUT2D eigenvalue weighted by molar-refractivity contribution is 7.80. The number of hydrogen-bond donors (Lipinski definition) is 1. The van der Waals surface area contributed by atoms with Gasteiger partial charge >= 0.3 is 0 Å². The van der Waals surface area contributed by atoms with E-state index in [0.717, 1.165) is 19.4 Å². The van der Waals surface area contributed by atoms with Crippen molar-refractivity contribution >= 4 is 24.4 Å². The second kappa shape index (κ2) is 4.91. The molecule has 0 aromatic heterocycles. The van der Waals surface area contributed by atoms with Crippen LogP contribution in [0.4, 0.5) is 0 Å². The van der Waals surface area contributed by atoms with Crippen molar-refractivity contribution in [2.45, 2.75) is 18.9 Å². The Labute approximate surface area is 101 Å². The Kier molecular flexibility index (Phi) is 3.53. The molecular formula is C11H16N2O2S. The van der Waals surface area contributed by atoms with E-state index in [1.165, 1.54) is 0 Å². The van der Waals surface area contributed by atoms with E-state index >= 15 is 0 Å². The van der Waals surface area contributed by atoms with Crippen LogP contribution in [0, 0.1) is 0 Å². The number of nitrogens with zero attached hydrogens (tertiary/aromatic N) is 2. The lowest BCUT2D eigenvalue weighted by Gasteiger charge is -2.35. The van der Waals surface area contributed by atoms with E-state index in [0.29, 0.717) is 12.3 Å². The number of fused-ring (bicyclic) bond motifs is 1. The van der Waals surface area contributed by atoms with Crippen molar-refractivity contribution in [3.63, 3.8) is 0 Å². The molecule has 2 aliphatic rings. The van der Waals surface area contributed by atoms with Crippen LogP contribution in [-0.2, 0) is 9.59 Å². The Morgan fingerprint density at radius 3 is 2.94 bits per heavy atom. The van der Waals surface area contributed by atoms with Gasteiger partial charge < -0.3 is 9.80 Å². The Morgan fingerprint density at radius 2 is 2.19 bits per heavy atom. The highest BCUT2D eigenvalue weighted by Gasteiger charge is 2.41. The first-order valence-electron chi connectivity index (χ1n) is 5.58. The fraction of sp³-hybridized carbons (Fsp3) is 0.636. The van der Waals surface area contributed by atoms with Crippen LogP contribution in [0.1, 0.15) is 12.8 Å². The topological polar surface area (TPSA) is 40.6 Å². The fourth-order valence-corrected chi connectivity index (χ4v) is 2.44. The van der Waals surface area contributed by atoms with E-state index < -0.39 is 0 Å². The molecular weight excluding hydrogens is 224 g/mol. The molecule has 2 fully saturated rings. The summed E-state index contributed by atoms with van der Waals surface area (Å²) in [6, 6.07) is -0.189. The predicted molar refractivity (Wildman–Crippen MR) is 64.3 cm³/mol. The number of piperazine rings is 1. The van der Waals surface area contributed by atoms with Gasteiger partial charge in [0.2, 0.25) is 11.8 Å². The lowest BCUT2D eigenvalue weighted by molar-refractivity contribution is -0.152. The van der Waals surface area contributed by atoms with Crippen LogP contribution in [0.15, 0.2) is 12.2 Å². The molecule has 4 nitrogen and oxygen atoms in total. The molecule has 0 bridgehead atoms. The molecule has 0 N–H and O–H groups in total. The average Bonchev–Trinajstić information content (AvgIpc) is 2.75. The molecule has 2 saturated heterocycles. The van der Waals surface area contributed by atoms with E-state index in [4.69, 9.17) is 0 Å². The lowest BCUT2D eigenvalue weighted by atomic mass is 10.1. The summed E-state index contributed by atoms with van der Waals surface area (Å²) in [6.45, 7) is 1.50. The van der Waals surface area contributed by atoms with Crippen molar-refractivity contribution in [2.75, 3.05) is 25.4 Å². The van der Waals surface area contributed by atoms with E-state index in [9.17, 15) is 9.59 Å². The van der Waals surface area contributed by atoms with Crippen LogP contribution in [0.5, 0.6) is 0 Å². The van der Waals surface area contributed by atoms with Gasteiger partial charge in [-0.05, 0) is 12.8 Å². The minimum absolute atomic E-state index is 0.0846. The molecule has 2 amide bonds. The SMILES string of the molecule is O=C1C2CCCN2C(=O)CN1CC=CCS. The monoisotopic (exact) mass is 240 g/mol. The highest BCUT2D eigenvalue weighted by atomic mass is 32.1. The van der Waals surface area contributed by atoms with Gasteiger partial charge in [-0.2, -0.15) is 12.6 Å². The number of carbonyl (C=O) groups is 2. The van der Waals surface area contributed by atoms with Gasteiger partial charge in [0.25, 0.3) is 0 Å². The molecule has 0 aromatic carbocycles. The van der Waals surface area contributed by atoms with Crippen molar-refractivity contribution < 1.29 is 9.59 Å². The molecule has 2 heterocycles. The maximum Gasteiger partial charge on any atom is 0.246 e. The summed E-state index contributed by atoms with van der Waals surface area (Å²) in [5.41, 5.74) is 0. The van der Waals surface area contributed by atoms with Crippen molar-refractivity contribution in [3.05, 3.63) is 12.2 Å². The minimum atomic E-state index is -0.189. The van der Waals surface area contributed by atoms with Crippen molar-refractivity contribution in [1.82, 2.24) is 9.80 Å². The molecule has 88 valence electrons. The third-order valence-electron chi connectivity index (χ3n) is 3.09. The minimum Gasteiger partial charge on any atom is -0.329 e. The first-order valence-corrected chi connectivity index (χ1v) is 6.21. The third kappa shape index (κ3) is 2.09. The summed E-state index contributed by atoms with van der Waals surface area (Å²) in [4.78, 5) is 27.1. The zero-order chi connectivity index (χ0) is 11.5. The molecule has 16 heavy (non-hydrogen) atoms. The van der Waals surface area contributed by atoms with Crippen LogP contribution in [-0.4, -0.2) is 53.0 Å². The molecule has 2 aliphatic heterocycles. The first kappa shape index (κ1) is 11.5. The Morgan fingerprint density at radius 1 is 1.38 bits per heavy atom. The largest absolute Gasteiger partial charge is 0.329 e. The molecule has 0 aliphatic carbocycles. The first-order chi connectivity index (χ1) is 7.74. The highest BCUT2D eigenvalue weighted by Crippen LogP contribution is 2.23. The number of carbonyl (C=O) groups excluding carboxylic acids is 2. The van der Waals surface area contributed by atoms with E-state index in [1.807, 2.05) is 12.2 Å². The van der Waals surface area contributed by atoms with E-state index in [-0.39, 0.29) is 24.4 Å². The molecule has 0 spiro atoms. The fourth-order valence-electron chi connectivity index (χ4n) is 2.30. The molecule has 0 aromatic rings. The Hall–Kier alpha value is -0.970. The zero-order valence-electron chi connectivity index (χ0n) is 9.13. The lowest BCUT2D eigenvalue weighted by Crippen LogP contribution is -2.57. The summed E-state index contributed by atoms with van der Waals surface area (Å²) < 4.78 is 0. The van der Waals surface area contributed by atoms with Crippen LogP contribution in [0.25, 0.3) is 0 Å². The molecule has 1 unspecified atom stereocenters. The van der Waals surface area contributed by atoms with Crippen molar-refractivity contribution in [1.29, 1.82) is 0 Å². The van der Waals surface area contributed by atoms with Gasteiger partial charge in [-0.3, -0.25) is 9.59 Å². The van der Waals surface area contributed by atoms with E-state index in [2.05, 4.69) is 12.6 Å². The van der Waals surface area contributed by atoms with Crippen LogP contribution >= 0.6 is 12.6 Å². The maximum absolute atomic E-state index is 12.0. The Bertz CT molecular complexity index is 330. The Balaban J connectivity index is 2.02. The number of thiol groups is 1. The smallest absolute Gasteiger partial charge is 0.246 e. The number of amides is 2. The molecule has 0 saturated carbocycles. The second-order valence-corrected chi connectivity index (χ2v) is 4.48. The quantitative estimate of drug-likeness (QED) is 0.569. The summed E-state index contributed by atoms with van der Waals surface area (Å²) in [5, 5.41) is 0.